The summed E-state index contributed by atoms with van der Waals surface area (Å²) in [6, 6.07) is 7.92. The van der Waals surface area contributed by atoms with E-state index in [4.69, 9.17) is 11.6 Å². The average Bonchev–Trinajstić information content (AvgIpc) is 2.86. The molecule has 0 saturated carbocycles. The Bertz CT molecular complexity index is 730. The summed E-state index contributed by atoms with van der Waals surface area (Å²) in [5.41, 5.74) is 1.13. The van der Waals surface area contributed by atoms with Gasteiger partial charge in [0.15, 0.2) is 11.8 Å². The van der Waals surface area contributed by atoms with Crippen LogP contribution in [0.3, 0.4) is 0 Å². The molecule has 0 amide bonds. The van der Waals surface area contributed by atoms with Gasteiger partial charge in [-0.25, -0.2) is 0 Å². The molecule has 2 heterocycles. The summed E-state index contributed by atoms with van der Waals surface area (Å²) in [5.74, 6) is 2.85. The fraction of sp³-hybridized carbons (Fsp3) is 0.500. The normalized spacial score (nSPS) is 14.2. The first kappa shape index (κ1) is 21.0. The fourth-order valence-electron chi connectivity index (χ4n) is 3.08. The highest BCUT2D eigenvalue weighted by Gasteiger charge is 2.14. The second-order valence-electron chi connectivity index (χ2n) is 6.19. The van der Waals surface area contributed by atoms with Crippen LogP contribution in [0.4, 0.5) is 0 Å². The number of rotatable bonds is 5. The highest BCUT2D eigenvalue weighted by molar-refractivity contribution is 14.0. The molecule has 0 saturated heterocycles. The van der Waals surface area contributed by atoms with Crippen molar-refractivity contribution in [2.45, 2.75) is 45.2 Å². The Morgan fingerprint density at radius 1 is 1.19 bits per heavy atom. The molecule has 0 unspecified atom stereocenters. The van der Waals surface area contributed by atoms with Crippen molar-refractivity contribution >= 4 is 41.5 Å². The summed E-state index contributed by atoms with van der Waals surface area (Å²) in [5, 5.41) is 16.1. The van der Waals surface area contributed by atoms with E-state index in [1.54, 1.807) is 7.05 Å². The third-order valence-corrected chi connectivity index (χ3v) is 4.84. The maximum atomic E-state index is 6.19. The molecule has 1 aromatic carbocycles. The number of nitrogens with zero attached hydrogens (tertiary/aromatic N) is 4. The lowest BCUT2D eigenvalue weighted by atomic mass is 10.1. The van der Waals surface area contributed by atoms with Crippen LogP contribution in [0.25, 0.3) is 0 Å². The number of halogens is 2. The van der Waals surface area contributed by atoms with Crippen molar-refractivity contribution in [1.82, 2.24) is 25.4 Å². The zero-order valence-corrected chi connectivity index (χ0v) is 18.1. The molecule has 142 valence electrons. The lowest BCUT2D eigenvalue weighted by Crippen LogP contribution is -2.38. The summed E-state index contributed by atoms with van der Waals surface area (Å²) in [6.07, 6.45) is 5.54. The average molecular weight is 489 g/mol. The van der Waals surface area contributed by atoms with E-state index in [2.05, 4.69) is 30.4 Å². The van der Waals surface area contributed by atoms with Crippen molar-refractivity contribution in [3.8, 4) is 0 Å². The molecule has 26 heavy (non-hydrogen) atoms. The number of aryl methyl sites for hydroxylation is 1. The lowest BCUT2D eigenvalue weighted by molar-refractivity contribution is 0.596. The van der Waals surface area contributed by atoms with Crippen LogP contribution in [0.15, 0.2) is 29.3 Å². The molecular weight excluding hydrogens is 463 g/mol. The van der Waals surface area contributed by atoms with Crippen molar-refractivity contribution in [3.63, 3.8) is 0 Å². The number of guanidine groups is 1. The predicted octanol–water partition coefficient (Wildman–Crippen LogP) is 3.18. The maximum absolute atomic E-state index is 6.19. The number of aliphatic imine (C=N–C) groups is 1. The van der Waals surface area contributed by atoms with E-state index in [-0.39, 0.29) is 24.0 Å². The summed E-state index contributed by atoms with van der Waals surface area (Å²) in [4.78, 5) is 4.28. The molecule has 2 N–H and O–H groups in total. The largest absolute Gasteiger partial charge is 0.356 e. The molecule has 0 spiro atoms. The molecule has 0 bridgehead atoms. The van der Waals surface area contributed by atoms with Crippen LogP contribution in [0.1, 0.15) is 36.5 Å². The minimum Gasteiger partial charge on any atom is -0.356 e. The van der Waals surface area contributed by atoms with Crippen molar-refractivity contribution in [1.29, 1.82) is 0 Å². The first-order chi connectivity index (χ1) is 12.3. The van der Waals surface area contributed by atoms with Gasteiger partial charge in [-0.05, 0) is 30.9 Å². The molecule has 8 heteroatoms. The first-order valence-corrected chi connectivity index (χ1v) is 9.24. The highest BCUT2D eigenvalue weighted by Crippen LogP contribution is 2.15. The standard InChI is InChI=1S/C18H25ClN6.HI/c1-20-18(21-11-10-14-7-4-5-8-15(14)19)22-13-17-24-23-16-9-3-2-6-12-25(16)17;/h4-5,7-8H,2-3,6,9-13H2,1H3,(H2,20,21,22);1H. The van der Waals surface area contributed by atoms with E-state index >= 15 is 0 Å². The minimum atomic E-state index is 0. The molecule has 1 aromatic heterocycles. The van der Waals surface area contributed by atoms with E-state index in [0.29, 0.717) is 6.54 Å². The van der Waals surface area contributed by atoms with Crippen LogP contribution in [-0.4, -0.2) is 34.3 Å². The Kier molecular flexibility index (Phi) is 8.64. The number of nitrogens with one attached hydrogen (secondary N) is 2. The highest BCUT2D eigenvalue weighted by atomic mass is 127. The van der Waals surface area contributed by atoms with E-state index in [1.807, 2.05) is 24.3 Å². The molecule has 2 aromatic rings. The van der Waals surface area contributed by atoms with Crippen molar-refractivity contribution < 1.29 is 0 Å². The Morgan fingerprint density at radius 3 is 2.85 bits per heavy atom. The van der Waals surface area contributed by atoms with Gasteiger partial charge in [0.05, 0.1) is 6.54 Å². The van der Waals surface area contributed by atoms with E-state index in [0.717, 1.165) is 54.1 Å². The second-order valence-corrected chi connectivity index (χ2v) is 6.60. The van der Waals surface area contributed by atoms with Gasteiger partial charge in [-0.3, -0.25) is 4.99 Å². The van der Waals surface area contributed by atoms with E-state index in [9.17, 15) is 0 Å². The van der Waals surface area contributed by atoms with Crippen molar-refractivity contribution in [2.75, 3.05) is 13.6 Å². The van der Waals surface area contributed by atoms with Gasteiger partial charge in [-0.15, -0.1) is 34.2 Å². The lowest BCUT2D eigenvalue weighted by Gasteiger charge is -2.13. The monoisotopic (exact) mass is 488 g/mol. The van der Waals surface area contributed by atoms with Crippen molar-refractivity contribution in [2.24, 2.45) is 4.99 Å². The Morgan fingerprint density at radius 2 is 2.04 bits per heavy atom. The molecule has 3 rings (SSSR count). The number of fused-ring (bicyclic) bond motifs is 1. The quantitative estimate of drug-likeness (QED) is 0.385. The van der Waals surface area contributed by atoms with Gasteiger partial charge in [0, 0.05) is 31.6 Å². The van der Waals surface area contributed by atoms with Crippen LogP contribution in [-0.2, 0) is 25.9 Å². The predicted molar refractivity (Wildman–Crippen MR) is 116 cm³/mol. The Balaban J connectivity index is 0.00000243. The van der Waals surface area contributed by atoms with Gasteiger partial charge < -0.3 is 15.2 Å². The van der Waals surface area contributed by atoms with Crippen molar-refractivity contribution in [3.05, 3.63) is 46.5 Å². The van der Waals surface area contributed by atoms with Gasteiger partial charge in [0.2, 0.25) is 0 Å². The van der Waals surface area contributed by atoms with Crippen LogP contribution >= 0.6 is 35.6 Å². The fourth-order valence-corrected chi connectivity index (χ4v) is 3.31. The molecule has 1 aliphatic heterocycles. The van der Waals surface area contributed by atoms with Crippen LogP contribution < -0.4 is 10.6 Å². The van der Waals surface area contributed by atoms with Crippen LogP contribution in [0.5, 0.6) is 0 Å². The summed E-state index contributed by atoms with van der Waals surface area (Å²) in [6.45, 7) is 2.40. The number of aromatic nitrogens is 3. The maximum Gasteiger partial charge on any atom is 0.191 e. The van der Waals surface area contributed by atoms with Gasteiger partial charge in [0.1, 0.15) is 5.82 Å². The number of hydrogen-bond donors (Lipinski definition) is 2. The van der Waals surface area contributed by atoms with Gasteiger partial charge in [-0.2, -0.15) is 0 Å². The molecule has 0 fully saturated rings. The summed E-state index contributed by atoms with van der Waals surface area (Å²) < 4.78 is 2.25. The molecule has 6 nitrogen and oxygen atoms in total. The Labute approximate surface area is 176 Å². The molecule has 0 atom stereocenters. The third kappa shape index (κ3) is 5.57. The smallest absolute Gasteiger partial charge is 0.191 e. The van der Waals surface area contributed by atoms with Crippen LogP contribution in [0, 0.1) is 0 Å². The Hall–Kier alpha value is -1.35. The van der Waals surface area contributed by atoms with E-state index < -0.39 is 0 Å². The molecule has 0 aliphatic carbocycles. The summed E-state index contributed by atoms with van der Waals surface area (Å²) in [7, 11) is 1.77. The van der Waals surface area contributed by atoms with Gasteiger partial charge >= 0.3 is 0 Å². The zero-order valence-electron chi connectivity index (χ0n) is 15.0. The third-order valence-electron chi connectivity index (χ3n) is 4.47. The topological polar surface area (TPSA) is 67.1 Å². The number of benzene rings is 1. The van der Waals surface area contributed by atoms with Gasteiger partial charge in [-0.1, -0.05) is 36.2 Å². The number of hydrogen-bond acceptors (Lipinski definition) is 3. The zero-order chi connectivity index (χ0) is 17.5. The summed E-state index contributed by atoms with van der Waals surface area (Å²) >= 11 is 6.19. The second kappa shape index (κ2) is 10.7. The minimum absolute atomic E-state index is 0. The SMILES string of the molecule is CN=C(NCCc1ccccc1Cl)NCc1nnc2n1CCCCC2.I. The van der Waals surface area contributed by atoms with E-state index in [1.165, 1.54) is 19.3 Å². The molecule has 0 radical (unpaired) electrons. The van der Waals surface area contributed by atoms with Crippen LogP contribution in [0.2, 0.25) is 5.02 Å². The van der Waals surface area contributed by atoms with Gasteiger partial charge in [0.25, 0.3) is 0 Å². The first-order valence-electron chi connectivity index (χ1n) is 8.87. The molecule has 1 aliphatic rings. The molecular formula is C18H26ClIN6.